The Morgan fingerprint density at radius 3 is 2.95 bits per heavy atom. The largest absolute Gasteiger partial charge is 0.493 e. The summed E-state index contributed by atoms with van der Waals surface area (Å²) in [4.78, 5) is 11.7. The van der Waals surface area contributed by atoms with Crippen molar-refractivity contribution in [3.63, 3.8) is 0 Å². The Morgan fingerprint density at radius 1 is 1.40 bits per heavy atom. The van der Waals surface area contributed by atoms with Gasteiger partial charge in [0, 0.05) is 31.5 Å². The van der Waals surface area contributed by atoms with Crippen LogP contribution in [0.3, 0.4) is 0 Å². The quantitative estimate of drug-likeness (QED) is 0.775. The molecule has 110 valence electrons. The molecule has 0 unspecified atom stereocenters. The Hall–Kier alpha value is -1.75. The average Bonchev–Trinajstić information content (AvgIpc) is 2.46. The maximum absolute atomic E-state index is 11.7. The number of rotatable bonds is 6. The van der Waals surface area contributed by atoms with Crippen molar-refractivity contribution in [2.24, 2.45) is 5.92 Å². The van der Waals surface area contributed by atoms with Crippen LogP contribution in [0.25, 0.3) is 0 Å². The van der Waals surface area contributed by atoms with E-state index in [0.717, 1.165) is 32.6 Å². The van der Waals surface area contributed by atoms with Crippen LogP contribution < -0.4 is 15.8 Å². The number of benzene rings is 1. The summed E-state index contributed by atoms with van der Waals surface area (Å²) in [7, 11) is 0. The molecule has 1 amide bonds. The lowest BCUT2D eigenvalue weighted by atomic mass is 10.0. The molecule has 0 spiro atoms. The number of hydrogen-bond acceptors (Lipinski definition) is 4. The fraction of sp³-hybridized carbons (Fsp3) is 0.533. The van der Waals surface area contributed by atoms with Gasteiger partial charge in [0.15, 0.2) is 0 Å². The molecular weight excluding hydrogens is 256 g/mol. The zero-order chi connectivity index (χ0) is 14.2. The smallest absolute Gasteiger partial charge is 0.223 e. The van der Waals surface area contributed by atoms with Crippen LogP contribution in [-0.2, 0) is 9.53 Å². The Balaban J connectivity index is 1.60. The second-order valence-electron chi connectivity index (χ2n) is 5.03. The van der Waals surface area contributed by atoms with Crippen LogP contribution in [0.5, 0.6) is 5.75 Å². The maximum Gasteiger partial charge on any atom is 0.223 e. The van der Waals surface area contributed by atoms with Crippen LogP contribution in [-0.4, -0.2) is 32.3 Å². The summed E-state index contributed by atoms with van der Waals surface area (Å²) in [5.74, 6) is 1.27. The van der Waals surface area contributed by atoms with E-state index in [1.165, 1.54) is 0 Å². The summed E-state index contributed by atoms with van der Waals surface area (Å²) in [5, 5.41) is 2.95. The average molecular weight is 278 g/mol. The topological polar surface area (TPSA) is 73.6 Å². The molecule has 2 rings (SSSR count). The van der Waals surface area contributed by atoms with Gasteiger partial charge in [-0.1, -0.05) is 6.07 Å². The highest BCUT2D eigenvalue weighted by Crippen LogP contribution is 2.15. The van der Waals surface area contributed by atoms with Crippen LogP contribution in [0, 0.1) is 5.92 Å². The molecule has 1 saturated heterocycles. The molecule has 1 aliphatic rings. The van der Waals surface area contributed by atoms with Crippen molar-refractivity contribution in [2.75, 3.05) is 32.1 Å². The SMILES string of the molecule is Nc1cccc(OCCC(=O)NCC2CCOCC2)c1. The van der Waals surface area contributed by atoms with Gasteiger partial charge >= 0.3 is 0 Å². The van der Waals surface area contributed by atoms with Crippen molar-refractivity contribution in [3.05, 3.63) is 24.3 Å². The van der Waals surface area contributed by atoms with E-state index >= 15 is 0 Å². The molecule has 0 bridgehead atoms. The summed E-state index contributed by atoms with van der Waals surface area (Å²) in [6, 6.07) is 7.21. The number of nitrogen functional groups attached to an aromatic ring is 1. The monoisotopic (exact) mass is 278 g/mol. The highest BCUT2D eigenvalue weighted by atomic mass is 16.5. The Labute approximate surface area is 119 Å². The summed E-state index contributed by atoms with van der Waals surface area (Å²) in [5.41, 5.74) is 6.31. The van der Waals surface area contributed by atoms with Gasteiger partial charge < -0.3 is 20.5 Å². The van der Waals surface area contributed by atoms with E-state index in [2.05, 4.69) is 5.32 Å². The summed E-state index contributed by atoms with van der Waals surface area (Å²) < 4.78 is 10.8. The lowest BCUT2D eigenvalue weighted by Crippen LogP contribution is -2.32. The molecule has 0 saturated carbocycles. The molecule has 5 nitrogen and oxygen atoms in total. The number of amides is 1. The fourth-order valence-electron chi connectivity index (χ4n) is 2.16. The van der Waals surface area contributed by atoms with E-state index in [1.54, 1.807) is 12.1 Å². The van der Waals surface area contributed by atoms with Gasteiger partial charge in [-0.2, -0.15) is 0 Å². The minimum absolute atomic E-state index is 0.0281. The summed E-state index contributed by atoms with van der Waals surface area (Å²) in [6.45, 7) is 2.71. The summed E-state index contributed by atoms with van der Waals surface area (Å²) >= 11 is 0. The van der Waals surface area contributed by atoms with Crippen LogP contribution in [0.1, 0.15) is 19.3 Å². The molecule has 1 aliphatic heterocycles. The van der Waals surface area contributed by atoms with Crippen molar-refractivity contribution in [2.45, 2.75) is 19.3 Å². The third-order valence-electron chi connectivity index (χ3n) is 3.38. The van der Waals surface area contributed by atoms with Crippen molar-refractivity contribution in [1.82, 2.24) is 5.32 Å². The minimum Gasteiger partial charge on any atom is -0.493 e. The Kier molecular flexibility index (Phi) is 5.68. The van der Waals surface area contributed by atoms with Gasteiger partial charge in [-0.05, 0) is 30.9 Å². The second kappa shape index (κ2) is 7.75. The van der Waals surface area contributed by atoms with Crippen LogP contribution in [0.15, 0.2) is 24.3 Å². The van der Waals surface area contributed by atoms with Crippen LogP contribution in [0.4, 0.5) is 5.69 Å². The number of carbonyl (C=O) groups is 1. The normalized spacial score (nSPS) is 15.8. The first kappa shape index (κ1) is 14.7. The van der Waals surface area contributed by atoms with Gasteiger partial charge in [0.1, 0.15) is 5.75 Å². The third kappa shape index (κ3) is 5.09. The number of carbonyl (C=O) groups excluding carboxylic acids is 1. The number of nitrogens with one attached hydrogen (secondary N) is 1. The van der Waals surface area contributed by atoms with Crippen molar-refractivity contribution >= 4 is 11.6 Å². The molecule has 0 radical (unpaired) electrons. The Bertz CT molecular complexity index is 431. The molecule has 20 heavy (non-hydrogen) atoms. The number of hydrogen-bond donors (Lipinski definition) is 2. The minimum atomic E-state index is 0.0281. The number of ether oxygens (including phenoxy) is 2. The highest BCUT2D eigenvalue weighted by molar-refractivity contribution is 5.75. The van der Waals surface area contributed by atoms with Crippen molar-refractivity contribution in [1.29, 1.82) is 0 Å². The van der Waals surface area contributed by atoms with E-state index in [9.17, 15) is 4.79 Å². The van der Waals surface area contributed by atoms with Gasteiger partial charge in [0.2, 0.25) is 5.91 Å². The molecule has 1 fully saturated rings. The van der Waals surface area contributed by atoms with E-state index in [1.807, 2.05) is 12.1 Å². The first-order chi connectivity index (χ1) is 9.74. The molecule has 1 heterocycles. The van der Waals surface area contributed by atoms with E-state index in [0.29, 0.717) is 30.4 Å². The van der Waals surface area contributed by atoms with Crippen molar-refractivity contribution in [3.8, 4) is 5.75 Å². The third-order valence-corrected chi connectivity index (χ3v) is 3.38. The summed E-state index contributed by atoms with van der Waals surface area (Å²) in [6.07, 6.45) is 2.41. The fourth-order valence-corrected chi connectivity index (χ4v) is 2.16. The first-order valence-electron chi connectivity index (χ1n) is 7.07. The molecule has 5 heteroatoms. The second-order valence-corrected chi connectivity index (χ2v) is 5.03. The standard InChI is InChI=1S/C15H22N2O3/c16-13-2-1-3-14(10-13)20-9-6-15(18)17-11-12-4-7-19-8-5-12/h1-3,10,12H,4-9,11,16H2,(H,17,18). The lowest BCUT2D eigenvalue weighted by molar-refractivity contribution is -0.121. The van der Waals surface area contributed by atoms with E-state index < -0.39 is 0 Å². The number of anilines is 1. The molecule has 1 aromatic rings. The Morgan fingerprint density at radius 2 is 2.20 bits per heavy atom. The van der Waals surface area contributed by atoms with Crippen LogP contribution >= 0.6 is 0 Å². The van der Waals surface area contributed by atoms with Gasteiger partial charge in [-0.15, -0.1) is 0 Å². The molecule has 1 aromatic carbocycles. The zero-order valence-corrected chi connectivity index (χ0v) is 11.6. The predicted octanol–water partition coefficient (Wildman–Crippen LogP) is 1.58. The first-order valence-corrected chi connectivity index (χ1v) is 7.07. The van der Waals surface area contributed by atoms with Gasteiger partial charge in [-0.3, -0.25) is 4.79 Å². The maximum atomic E-state index is 11.7. The molecule has 0 aromatic heterocycles. The zero-order valence-electron chi connectivity index (χ0n) is 11.6. The van der Waals surface area contributed by atoms with Gasteiger partial charge in [0.25, 0.3) is 0 Å². The lowest BCUT2D eigenvalue weighted by Gasteiger charge is -2.22. The predicted molar refractivity (Wildman–Crippen MR) is 77.5 cm³/mol. The molecule has 0 aliphatic carbocycles. The van der Waals surface area contributed by atoms with Gasteiger partial charge in [0.05, 0.1) is 13.0 Å². The molecule has 3 N–H and O–H groups in total. The molecular formula is C15H22N2O3. The highest BCUT2D eigenvalue weighted by Gasteiger charge is 2.14. The van der Waals surface area contributed by atoms with Crippen molar-refractivity contribution < 1.29 is 14.3 Å². The van der Waals surface area contributed by atoms with E-state index in [4.69, 9.17) is 15.2 Å². The number of nitrogens with two attached hydrogens (primary N) is 1. The van der Waals surface area contributed by atoms with Gasteiger partial charge in [-0.25, -0.2) is 0 Å². The van der Waals surface area contributed by atoms with Crippen LogP contribution in [0.2, 0.25) is 0 Å². The van der Waals surface area contributed by atoms with E-state index in [-0.39, 0.29) is 5.91 Å². The molecule has 0 atom stereocenters.